The van der Waals surface area contributed by atoms with Crippen LogP contribution in [0, 0.1) is 0 Å². The van der Waals surface area contributed by atoms with E-state index in [9.17, 15) is 9.90 Å². The van der Waals surface area contributed by atoms with Crippen molar-refractivity contribution in [2.45, 2.75) is 77.2 Å². The van der Waals surface area contributed by atoms with Gasteiger partial charge in [0.05, 0.1) is 12.2 Å². The minimum absolute atomic E-state index is 0.206. The zero-order chi connectivity index (χ0) is 20.2. The van der Waals surface area contributed by atoms with Gasteiger partial charge in [-0.2, -0.15) is 0 Å². The number of H-pyrrole nitrogens is 1. The Labute approximate surface area is 168 Å². The van der Waals surface area contributed by atoms with Crippen molar-refractivity contribution >= 4 is 16.9 Å². The highest BCUT2D eigenvalue weighted by Crippen LogP contribution is 2.20. The smallest absolute Gasteiger partial charge is 0.338 e. The lowest BCUT2D eigenvalue weighted by atomic mass is 10.1. The average molecular weight is 390 g/mol. The Morgan fingerprint density at radius 2 is 1.71 bits per heavy atom. The maximum Gasteiger partial charge on any atom is 0.338 e. The van der Waals surface area contributed by atoms with Gasteiger partial charge in [0.1, 0.15) is 12.7 Å². The lowest BCUT2D eigenvalue weighted by molar-refractivity contribution is 0.00934. The highest BCUT2D eigenvalue weighted by Gasteiger charge is 2.12. The summed E-state index contributed by atoms with van der Waals surface area (Å²) in [6, 6.07) is 7.56. The summed E-state index contributed by atoms with van der Waals surface area (Å²) in [5, 5.41) is 19.1. The largest absolute Gasteiger partial charge is 0.459 e. The number of rotatable bonds is 14. The molecule has 156 valence electrons. The van der Waals surface area contributed by atoms with Crippen LogP contribution in [0.4, 0.5) is 0 Å². The molecule has 0 fully saturated rings. The van der Waals surface area contributed by atoms with Gasteiger partial charge in [0.2, 0.25) is 0 Å². The number of carbonyl (C=O) groups excluding carboxylic acids is 1. The third-order valence-electron chi connectivity index (χ3n) is 5.08. The molecule has 1 heterocycles. The standard InChI is InChI=1S/C23H35NO4/c1-2-3-4-5-6-7-8-9-10-11-20-14-18-12-13-19(15-22(18)24-20)23(27)28-17-21(26)16-25/h12-15,21,24-26H,2-11,16-17H2,1H3. The number of benzene rings is 1. The van der Waals surface area contributed by atoms with Crippen molar-refractivity contribution in [3.63, 3.8) is 0 Å². The van der Waals surface area contributed by atoms with E-state index in [0.717, 1.165) is 17.3 Å². The van der Waals surface area contributed by atoms with Crippen LogP contribution in [0.2, 0.25) is 0 Å². The average Bonchev–Trinajstić information content (AvgIpc) is 3.12. The molecule has 1 unspecified atom stereocenters. The van der Waals surface area contributed by atoms with Crippen LogP contribution in [-0.2, 0) is 11.2 Å². The molecule has 0 saturated carbocycles. The number of nitrogens with one attached hydrogen (secondary N) is 1. The van der Waals surface area contributed by atoms with E-state index in [1.807, 2.05) is 6.07 Å². The molecule has 0 amide bonds. The van der Waals surface area contributed by atoms with Gasteiger partial charge >= 0.3 is 5.97 Å². The van der Waals surface area contributed by atoms with Gasteiger partial charge < -0.3 is 19.9 Å². The van der Waals surface area contributed by atoms with Crippen molar-refractivity contribution in [2.24, 2.45) is 0 Å². The van der Waals surface area contributed by atoms with Crippen LogP contribution in [-0.4, -0.2) is 40.5 Å². The normalized spacial score (nSPS) is 12.4. The second kappa shape index (κ2) is 12.6. The monoisotopic (exact) mass is 389 g/mol. The lowest BCUT2D eigenvalue weighted by Gasteiger charge is -2.08. The van der Waals surface area contributed by atoms with E-state index < -0.39 is 18.7 Å². The quantitative estimate of drug-likeness (QED) is 0.322. The van der Waals surface area contributed by atoms with Gasteiger partial charge in [-0.05, 0) is 36.4 Å². The van der Waals surface area contributed by atoms with E-state index in [1.165, 1.54) is 63.5 Å². The number of hydrogen-bond acceptors (Lipinski definition) is 4. The maximum absolute atomic E-state index is 12.0. The van der Waals surface area contributed by atoms with Crippen molar-refractivity contribution in [3.8, 4) is 0 Å². The predicted molar refractivity (Wildman–Crippen MR) is 113 cm³/mol. The molecular formula is C23H35NO4. The summed E-state index contributed by atoms with van der Waals surface area (Å²) in [5.41, 5.74) is 2.55. The molecule has 1 aromatic carbocycles. The van der Waals surface area contributed by atoms with Crippen LogP contribution in [0.25, 0.3) is 10.9 Å². The maximum atomic E-state index is 12.0. The molecule has 5 nitrogen and oxygen atoms in total. The highest BCUT2D eigenvalue weighted by atomic mass is 16.5. The molecular weight excluding hydrogens is 354 g/mol. The number of aromatic amines is 1. The Kier molecular flexibility index (Phi) is 10.1. The van der Waals surface area contributed by atoms with Crippen molar-refractivity contribution in [1.29, 1.82) is 0 Å². The molecule has 0 aliphatic heterocycles. The second-order valence-corrected chi connectivity index (χ2v) is 7.61. The number of aryl methyl sites for hydroxylation is 1. The van der Waals surface area contributed by atoms with Gasteiger partial charge in [0.15, 0.2) is 0 Å². The number of aliphatic hydroxyl groups is 2. The summed E-state index contributed by atoms with van der Waals surface area (Å²) >= 11 is 0. The Hall–Kier alpha value is -1.85. The van der Waals surface area contributed by atoms with Crippen molar-refractivity contribution in [2.75, 3.05) is 13.2 Å². The molecule has 1 aromatic heterocycles. The number of aliphatic hydroxyl groups excluding tert-OH is 2. The zero-order valence-electron chi connectivity index (χ0n) is 17.1. The molecule has 0 saturated heterocycles. The van der Waals surface area contributed by atoms with Crippen LogP contribution < -0.4 is 0 Å². The molecule has 28 heavy (non-hydrogen) atoms. The zero-order valence-corrected chi connectivity index (χ0v) is 17.1. The van der Waals surface area contributed by atoms with Crippen molar-refractivity contribution in [1.82, 2.24) is 4.98 Å². The van der Waals surface area contributed by atoms with Crippen LogP contribution in [0.15, 0.2) is 24.3 Å². The Morgan fingerprint density at radius 3 is 2.39 bits per heavy atom. The van der Waals surface area contributed by atoms with Crippen LogP contribution in [0.1, 0.15) is 80.8 Å². The number of hydrogen-bond donors (Lipinski definition) is 3. The first-order valence-electron chi connectivity index (χ1n) is 10.7. The van der Waals surface area contributed by atoms with Crippen molar-refractivity contribution < 1.29 is 19.7 Å². The molecule has 0 spiro atoms. The molecule has 0 radical (unpaired) electrons. The summed E-state index contributed by atoms with van der Waals surface area (Å²) in [6.45, 7) is 1.62. The van der Waals surface area contributed by atoms with Gasteiger partial charge in [-0.3, -0.25) is 0 Å². The van der Waals surface area contributed by atoms with E-state index in [1.54, 1.807) is 12.1 Å². The van der Waals surface area contributed by atoms with Gasteiger partial charge in [0.25, 0.3) is 0 Å². The minimum atomic E-state index is -1.04. The van der Waals surface area contributed by atoms with Gasteiger partial charge in [-0.1, -0.05) is 64.4 Å². The fraction of sp³-hybridized carbons (Fsp3) is 0.609. The summed E-state index contributed by atoms with van der Waals surface area (Å²) in [6.07, 6.45) is 11.8. The number of aromatic nitrogens is 1. The van der Waals surface area contributed by atoms with E-state index in [-0.39, 0.29) is 6.61 Å². The molecule has 1 atom stereocenters. The predicted octanol–water partition coefficient (Wildman–Crippen LogP) is 4.75. The van der Waals surface area contributed by atoms with E-state index in [2.05, 4.69) is 18.0 Å². The van der Waals surface area contributed by atoms with Gasteiger partial charge in [0, 0.05) is 11.2 Å². The fourth-order valence-corrected chi connectivity index (χ4v) is 3.38. The topological polar surface area (TPSA) is 82.6 Å². The number of ether oxygens (including phenoxy) is 1. The minimum Gasteiger partial charge on any atom is -0.459 e. The van der Waals surface area contributed by atoms with E-state index >= 15 is 0 Å². The Morgan fingerprint density at radius 1 is 1.04 bits per heavy atom. The SMILES string of the molecule is CCCCCCCCCCCc1cc2ccc(C(=O)OCC(O)CO)cc2[nH]1. The Balaban J connectivity index is 1.74. The second-order valence-electron chi connectivity index (χ2n) is 7.61. The molecule has 5 heteroatoms. The first-order valence-corrected chi connectivity index (χ1v) is 10.7. The molecule has 2 aromatic rings. The van der Waals surface area contributed by atoms with E-state index in [4.69, 9.17) is 9.84 Å². The van der Waals surface area contributed by atoms with Gasteiger partial charge in [-0.15, -0.1) is 0 Å². The van der Waals surface area contributed by atoms with Crippen LogP contribution >= 0.6 is 0 Å². The van der Waals surface area contributed by atoms with Crippen LogP contribution in [0.3, 0.4) is 0 Å². The van der Waals surface area contributed by atoms with E-state index in [0.29, 0.717) is 5.56 Å². The molecule has 2 rings (SSSR count). The number of carbonyl (C=O) groups is 1. The molecule has 0 aliphatic carbocycles. The number of esters is 1. The summed E-state index contributed by atoms with van der Waals surface area (Å²) in [4.78, 5) is 15.4. The fourth-order valence-electron chi connectivity index (χ4n) is 3.38. The first kappa shape index (κ1) is 22.4. The number of fused-ring (bicyclic) bond motifs is 1. The summed E-state index contributed by atoms with van der Waals surface area (Å²) in [5.74, 6) is -0.496. The highest BCUT2D eigenvalue weighted by molar-refractivity contribution is 5.94. The summed E-state index contributed by atoms with van der Waals surface area (Å²) in [7, 11) is 0. The number of unbranched alkanes of at least 4 members (excludes halogenated alkanes) is 8. The molecule has 0 bridgehead atoms. The van der Waals surface area contributed by atoms with Gasteiger partial charge in [-0.25, -0.2) is 4.79 Å². The summed E-state index contributed by atoms with van der Waals surface area (Å²) < 4.78 is 5.01. The Bertz CT molecular complexity index is 710. The van der Waals surface area contributed by atoms with Crippen molar-refractivity contribution in [3.05, 3.63) is 35.5 Å². The molecule has 3 N–H and O–H groups in total. The third-order valence-corrected chi connectivity index (χ3v) is 5.08. The lowest BCUT2D eigenvalue weighted by Crippen LogP contribution is -2.21. The third kappa shape index (κ3) is 7.64. The first-order chi connectivity index (χ1) is 13.6. The van der Waals surface area contributed by atoms with Crippen LogP contribution in [0.5, 0.6) is 0 Å². The molecule has 0 aliphatic rings.